The Balaban J connectivity index is 2.59. The molecule has 1 aromatic carbocycles. The number of halogens is 3. The molecule has 1 atom stereocenters. The van der Waals surface area contributed by atoms with Crippen molar-refractivity contribution in [2.75, 3.05) is 0 Å². The van der Waals surface area contributed by atoms with Crippen LogP contribution in [0.15, 0.2) is 15.0 Å². The standard InChI is InChI=1S/C14H17Br3/c1-8-6-10(15)9-4-5-14(2,3)7-11(16)12(9)13(8)17/h6,11H,4-5,7H2,1-3H3. The van der Waals surface area contributed by atoms with Crippen molar-refractivity contribution in [3.63, 3.8) is 0 Å². The Hall–Kier alpha value is 0.660. The van der Waals surface area contributed by atoms with Gasteiger partial charge in [0.25, 0.3) is 0 Å². The first-order chi connectivity index (χ1) is 7.82. The molecule has 0 amide bonds. The summed E-state index contributed by atoms with van der Waals surface area (Å²) < 4.78 is 2.53. The monoisotopic (exact) mass is 422 g/mol. The second kappa shape index (κ2) is 4.97. The molecule has 1 aliphatic carbocycles. The fourth-order valence-electron chi connectivity index (χ4n) is 2.55. The SMILES string of the molecule is Cc1cc(Br)c2c(c1Br)C(Br)CC(C)(C)CC2. The summed E-state index contributed by atoms with van der Waals surface area (Å²) in [5.41, 5.74) is 4.62. The van der Waals surface area contributed by atoms with E-state index in [1.165, 1.54) is 38.5 Å². The van der Waals surface area contributed by atoms with Crippen LogP contribution >= 0.6 is 47.8 Å². The Morgan fingerprint density at radius 1 is 1.29 bits per heavy atom. The predicted octanol–water partition coefficient (Wildman–Crippen LogP) is 6.32. The fourth-order valence-corrected chi connectivity index (χ4v) is 5.62. The number of alkyl halides is 1. The van der Waals surface area contributed by atoms with Gasteiger partial charge in [-0.15, -0.1) is 0 Å². The molecule has 94 valence electrons. The van der Waals surface area contributed by atoms with E-state index in [1.807, 2.05) is 0 Å². The lowest BCUT2D eigenvalue weighted by atomic mass is 9.84. The lowest BCUT2D eigenvalue weighted by molar-refractivity contribution is 0.316. The highest BCUT2D eigenvalue weighted by molar-refractivity contribution is 9.11. The van der Waals surface area contributed by atoms with Crippen molar-refractivity contribution in [3.8, 4) is 0 Å². The molecule has 0 spiro atoms. The molecule has 0 saturated heterocycles. The molecule has 0 aliphatic heterocycles. The Morgan fingerprint density at radius 3 is 2.59 bits per heavy atom. The average Bonchev–Trinajstić information content (AvgIpc) is 2.31. The van der Waals surface area contributed by atoms with Gasteiger partial charge in [0.1, 0.15) is 0 Å². The molecule has 0 radical (unpaired) electrons. The third-order valence-corrected chi connectivity index (χ3v) is 6.18. The molecule has 0 aromatic heterocycles. The number of aryl methyl sites for hydroxylation is 1. The highest BCUT2D eigenvalue weighted by Gasteiger charge is 2.30. The van der Waals surface area contributed by atoms with Gasteiger partial charge in [-0.1, -0.05) is 61.6 Å². The van der Waals surface area contributed by atoms with Gasteiger partial charge in [0.05, 0.1) is 0 Å². The van der Waals surface area contributed by atoms with E-state index in [0.717, 1.165) is 6.42 Å². The molecule has 0 saturated carbocycles. The largest absolute Gasteiger partial charge is 0.0838 e. The molecule has 0 heterocycles. The molecule has 0 nitrogen and oxygen atoms in total. The number of fused-ring (bicyclic) bond motifs is 1. The van der Waals surface area contributed by atoms with Crippen LogP contribution in [0.25, 0.3) is 0 Å². The average molecular weight is 425 g/mol. The van der Waals surface area contributed by atoms with Gasteiger partial charge in [-0.25, -0.2) is 0 Å². The Labute approximate surface area is 129 Å². The van der Waals surface area contributed by atoms with Gasteiger partial charge in [0.2, 0.25) is 0 Å². The van der Waals surface area contributed by atoms with Crippen LogP contribution in [0.4, 0.5) is 0 Å². The summed E-state index contributed by atoms with van der Waals surface area (Å²) in [5, 5.41) is 0. The maximum absolute atomic E-state index is 3.88. The van der Waals surface area contributed by atoms with E-state index >= 15 is 0 Å². The van der Waals surface area contributed by atoms with Gasteiger partial charge in [0, 0.05) is 13.8 Å². The van der Waals surface area contributed by atoms with Crippen molar-refractivity contribution in [2.24, 2.45) is 5.41 Å². The summed E-state index contributed by atoms with van der Waals surface area (Å²) in [5.74, 6) is 0. The normalized spacial score (nSPS) is 23.1. The number of hydrogen-bond donors (Lipinski definition) is 0. The molecule has 2 rings (SSSR count). The minimum Gasteiger partial charge on any atom is -0.0838 e. The predicted molar refractivity (Wildman–Crippen MR) is 85.0 cm³/mol. The van der Waals surface area contributed by atoms with Crippen molar-refractivity contribution in [1.29, 1.82) is 0 Å². The van der Waals surface area contributed by atoms with Crippen LogP contribution in [-0.4, -0.2) is 0 Å². The number of benzene rings is 1. The van der Waals surface area contributed by atoms with Gasteiger partial charge < -0.3 is 0 Å². The van der Waals surface area contributed by atoms with Crippen LogP contribution in [0, 0.1) is 12.3 Å². The van der Waals surface area contributed by atoms with Gasteiger partial charge in [-0.05, 0) is 54.4 Å². The van der Waals surface area contributed by atoms with Crippen molar-refractivity contribution in [3.05, 3.63) is 31.7 Å². The van der Waals surface area contributed by atoms with Gasteiger partial charge in [-0.3, -0.25) is 0 Å². The summed E-state index contributed by atoms with van der Waals surface area (Å²) in [6.45, 7) is 6.88. The van der Waals surface area contributed by atoms with Crippen molar-refractivity contribution >= 4 is 47.8 Å². The fraction of sp³-hybridized carbons (Fsp3) is 0.571. The van der Waals surface area contributed by atoms with E-state index in [0.29, 0.717) is 10.2 Å². The van der Waals surface area contributed by atoms with E-state index in [2.05, 4.69) is 74.6 Å². The van der Waals surface area contributed by atoms with Crippen LogP contribution in [0.3, 0.4) is 0 Å². The second-order valence-electron chi connectivity index (χ2n) is 5.72. The molecular formula is C14H17Br3. The van der Waals surface area contributed by atoms with Crippen LogP contribution < -0.4 is 0 Å². The van der Waals surface area contributed by atoms with Crippen molar-refractivity contribution in [2.45, 2.75) is 44.9 Å². The molecule has 17 heavy (non-hydrogen) atoms. The smallest absolute Gasteiger partial charge is 0.0414 e. The molecule has 1 unspecified atom stereocenters. The first kappa shape index (κ1) is 14.1. The van der Waals surface area contributed by atoms with Crippen molar-refractivity contribution < 1.29 is 0 Å². The van der Waals surface area contributed by atoms with E-state index in [9.17, 15) is 0 Å². The molecule has 0 bridgehead atoms. The molecule has 0 N–H and O–H groups in total. The summed E-state index contributed by atoms with van der Waals surface area (Å²) >= 11 is 11.4. The summed E-state index contributed by atoms with van der Waals surface area (Å²) in [6, 6.07) is 2.22. The quantitative estimate of drug-likeness (QED) is 0.337. The number of hydrogen-bond acceptors (Lipinski definition) is 0. The first-order valence-electron chi connectivity index (χ1n) is 5.93. The maximum Gasteiger partial charge on any atom is 0.0414 e. The van der Waals surface area contributed by atoms with Gasteiger partial charge in [-0.2, -0.15) is 0 Å². The van der Waals surface area contributed by atoms with Gasteiger partial charge in [0.15, 0.2) is 0 Å². The Kier molecular flexibility index (Phi) is 4.12. The van der Waals surface area contributed by atoms with E-state index < -0.39 is 0 Å². The van der Waals surface area contributed by atoms with E-state index in [4.69, 9.17) is 0 Å². The van der Waals surface area contributed by atoms with Crippen LogP contribution in [0.1, 0.15) is 48.2 Å². The van der Waals surface area contributed by atoms with E-state index in [-0.39, 0.29) is 0 Å². The highest BCUT2D eigenvalue weighted by atomic mass is 79.9. The number of rotatable bonds is 0. The topological polar surface area (TPSA) is 0 Å². The first-order valence-corrected chi connectivity index (χ1v) is 8.43. The highest BCUT2D eigenvalue weighted by Crippen LogP contribution is 2.48. The lowest BCUT2D eigenvalue weighted by Gasteiger charge is -2.24. The third kappa shape index (κ3) is 2.82. The van der Waals surface area contributed by atoms with Crippen LogP contribution in [0.2, 0.25) is 0 Å². The maximum atomic E-state index is 3.88. The second-order valence-corrected chi connectivity index (χ2v) is 8.47. The summed E-state index contributed by atoms with van der Waals surface area (Å²) in [7, 11) is 0. The van der Waals surface area contributed by atoms with Gasteiger partial charge >= 0.3 is 0 Å². The summed E-state index contributed by atoms with van der Waals surface area (Å²) in [4.78, 5) is 0.445. The minimum atomic E-state index is 0.403. The third-order valence-electron chi connectivity index (χ3n) is 3.64. The molecule has 3 heteroatoms. The van der Waals surface area contributed by atoms with Crippen LogP contribution in [-0.2, 0) is 6.42 Å². The Bertz CT molecular complexity index is 449. The Morgan fingerprint density at radius 2 is 1.94 bits per heavy atom. The lowest BCUT2D eigenvalue weighted by Crippen LogP contribution is -2.11. The van der Waals surface area contributed by atoms with Crippen molar-refractivity contribution in [1.82, 2.24) is 0 Å². The molecule has 0 fully saturated rings. The minimum absolute atomic E-state index is 0.403. The molecule has 1 aromatic rings. The van der Waals surface area contributed by atoms with E-state index in [1.54, 1.807) is 0 Å². The molecular weight excluding hydrogens is 408 g/mol. The summed E-state index contributed by atoms with van der Waals surface area (Å²) in [6.07, 6.45) is 3.59. The zero-order valence-corrected chi connectivity index (χ0v) is 15.2. The molecule has 1 aliphatic rings. The zero-order valence-electron chi connectivity index (χ0n) is 10.4. The zero-order chi connectivity index (χ0) is 12.8. The van der Waals surface area contributed by atoms with Crippen LogP contribution in [0.5, 0.6) is 0 Å².